The third kappa shape index (κ3) is 3.94. The molecule has 144 valence electrons. The van der Waals surface area contributed by atoms with Crippen LogP contribution in [0.4, 0.5) is 0 Å². The maximum absolute atomic E-state index is 12.8. The Bertz CT molecular complexity index is 807. The van der Waals surface area contributed by atoms with Gasteiger partial charge in [0.2, 0.25) is 11.1 Å². The maximum Gasteiger partial charge on any atom is 0.233 e. The van der Waals surface area contributed by atoms with E-state index in [4.69, 9.17) is 17.4 Å². The average molecular weight is 406 g/mol. The third-order valence-corrected chi connectivity index (χ3v) is 6.84. The summed E-state index contributed by atoms with van der Waals surface area (Å²) in [5.74, 6) is 7.94. The van der Waals surface area contributed by atoms with Crippen LogP contribution in [-0.2, 0) is 4.79 Å². The average Bonchev–Trinajstić information content (AvgIpc) is 3.07. The summed E-state index contributed by atoms with van der Waals surface area (Å²) in [6.45, 7) is 0.881. The Hall–Kier alpha value is -1.73. The number of halogens is 1. The first-order valence-electron chi connectivity index (χ1n) is 9.52. The van der Waals surface area contributed by atoms with Gasteiger partial charge in [-0.3, -0.25) is 4.79 Å². The number of benzene rings is 1. The highest BCUT2D eigenvalue weighted by atomic mass is 35.5. The zero-order valence-corrected chi connectivity index (χ0v) is 16.8. The molecular weight excluding hydrogens is 382 g/mol. The molecule has 6 nitrogen and oxygen atoms in total. The lowest BCUT2D eigenvalue weighted by Gasteiger charge is -2.44. The Morgan fingerprint density at radius 2 is 1.89 bits per heavy atom. The Morgan fingerprint density at radius 3 is 2.70 bits per heavy atom. The molecule has 27 heavy (non-hydrogen) atoms. The van der Waals surface area contributed by atoms with E-state index in [0.717, 1.165) is 24.9 Å². The van der Waals surface area contributed by atoms with Crippen LogP contribution in [-0.4, -0.2) is 44.0 Å². The zero-order valence-electron chi connectivity index (χ0n) is 15.2. The van der Waals surface area contributed by atoms with Crippen molar-refractivity contribution in [3.63, 3.8) is 0 Å². The Kier molecular flexibility index (Phi) is 5.59. The van der Waals surface area contributed by atoms with Crippen molar-refractivity contribution in [3.8, 4) is 11.4 Å². The molecule has 2 N–H and O–H groups in total. The van der Waals surface area contributed by atoms with E-state index in [2.05, 4.69) is 15.1 Å². The molecule has 1 aliphatic heterocycles. The molecule has 1 aliphatic carbocycles. The van der Waals surface area contributed by atoms with Gasteiger partial charge in [-0.1, -0.05) is 36.2 Å². The van der Waals surface area contributed by atoms with Gasteiger partial charge in [-0.25, -0.2) is 4.68 Å². The lowest BCUT2D eigenvalue weighted by atomic mass is 9.78. The Morgan fingerprint density at radius 1 is 1.15 bits per heavy atom. The first-order valence-corrected chi connectivity index (χ1v) is 10.9. The van der Waals surface area contributed by atoms with Crippen LogP contribution in [0.2, 0.25) is 5.02 Å². The minimum Gasteiger partial charge on any atom is -0.339 e. The van der Waals surface area contributed by atoms with E-state index in [1.165, 1.54) is 42.1 Å². The van der Waals surface area contributed by atoms with Gasteiger partial charge in [0.15, 0.2) is 5.82 Å². The van der Waals surface area contributed by atoms with Crippen LogP contribution in [0, 0.1) is 5.92 Å². The molecule has 0 unspecified atom stereocenters. The van der Waals surface area contributed by atoms with Crippen molar-refractivity contribution in [3.05, 3.63) is 29.3 Å². The Balaban J connectivity index is 1.41. The van der Waals surface area contributed by atoms with Crippen LogP contribution in [0.3, 0.4) is 0 Å². The van der Waals surface area contributed by atoms with Crippen LogP contribution >= 0.6 is 23.4 Å². The minimum absolute atomic E-state index is 0.188. The number of rotatable bonds is 4. The summed E-state index contributed by atoms with van der Waals surface area (Å²) in [6.07, 6.45) is 7.34. The number of hydrogen-bond acceptors (Lipinski definition) is 5. The molecule has 8 heteroatoms. The number of nitrogens with zero attached hydrogens (tertiary/aromatic N) is 4. The number of amides is 1. The number of nitrogens with two attached hydrogens (primary N) is 1. The number of hydrogen-bond donors (Lipinski definition) is 1. The summed E-state index contributed by atoms with van der Waals surface area (Å²) in [5, 5.41) is 9.53. The quantitative estimate of drug-likeness (QED) is 0.621. The molecule has 2 fully saturated rings. The number of aromatic nitrogens is 3. The summed E-state index contributed by atoms with van der Waals surface area (Å²) in [7, 11) is 0. The smallest absolute Gasteiger partial charge is 0.233 e. The summed E-state index contributed by atoms with van der Waals surface area (Å²) in [4.78, 5) is 15.0. The minimum atomic E-state index is 0.188. The predicted molar refractivity (Wildman–Crippen MR) is 108 cm³/mol. The molecule has 0 spiro atoms. The van der Waals surface area contributed by atoms with Gasteiger partial charge in [-0.2, -0.15) is 0 Å². The topological polar surface area (TPSA) is 77.0 Å². The van der Waals surface area contributed by atoms with E-state index in [-0.39, 0.29) is 5.91 Å². The maximum atomic E-state index is 12.8. The van der Waals surface area contributed by atoms with Gasteiger partial charge in [0, 0.05) is 23.2 Å². The lowest BCUT2D eigenvalue weighted by Crippen LogP contribution is -2.50. The molecule has 0 radical (unpaired) electrons. The standard InChI is InChI=1S/C19H24ClN5OS/c20-15-9-7-14(8-10-15)18-22-23-19(25(18)21)27-12-17(26)24-11-3-5-13-4-1-2-6-16(13)24/h7-10,13,16H,1-6,11-12,21H2/t13-,16+/m0/s1. The van der Waals surface area contributed by atoms with Crippen LogP contribution < -0.4 is 5.84 Å². The van der Waals surface area contributed by atoms with Crippen molar-refractivity contribution >= 4 is 29.3 Å². The molecule has 2 aromatic rings. The largest absolute Gasteiger partial charge is 0.339 e. The number of nitrogen functional groups attached to an aromatic ring is 1. The van der Waals surface area contributed by atoms with E-state index in [9.17, 15) is 4.79 Å². The molecule has 2 atom stereocenters. The number of piperidine rings is 1. The second kappa shape index (κ2) is 8.10. The van der Waals surface area contributed by atoms with Gasteiger partial charge in [0.1, 0.15) is 0 Å². The highest BCUT2D eigenvalue weighted by Crippen LogP contribution is 2.35. The van der Waals surface area contributed by atoms with Gasteiger partial charge in [-0.15, -0.1) is 10.2 Å². The first kappa shape index (κ1) is 18.6. The summed E-state index contributed by atoms with van der Waals surface area (Å²) < 4.78 is 1.45. The van der Waals surface area contributed by atoms with E-state index in [1.54, 1.807) is 12.1 Å². The zero-order chi connectivity index (χ0) is 18.8. The second-order valence-corrected chi connectivity index (χ2v) is 8.69. The van der Waals surface area contributed by atoms with E-state index >= 15 is 0 Å². The van der Waals surface area contributed by atoms with Gasteiger partial charge in [-0.05, 0) is 55.9 Å². The van der Waals surface area contributed by atoms with E-state index < -0.39 is 0 Å². The molecule has 2 heterocycles. The van der Waals surface area contributed by atoms with Crippen LogP contribution in [0.25, 0.3) is 11.4 Å². The molecule has 2 aliphatic rings. The van der Waals surface area contributed by atoms with E-state index in [1.807, 2.05) is 12.1 Å². The van der Waals surface area contributed by atoms with Crippen LogP contribution in [0.5, 0.6) is 0 Å². The van der Waals surface area contributed by atoms with Crippen molar-refractivity contribution in [2.75, 3.05) is 18.1 Å². The molecule has 1 aromatic heterocycles. The molecule has 1 saturated heterocycles. The van der Waals surface area contributed by atoms with E-state index in [0.29, 0.717) is 33.7 Å². The normalized spacial score (nSPS) is 22.5. The number of carbonyl (C=O) groups is 1. The molecular formula is C19H24ClN5OS. The predicted octanol–water partition coefficient (Wildman–Crippen LogP) is 3.59. The summed E-state index contributed by atoms with van der Waals surface area (Å²) in [6, 6.07) is 7.72. The highest BCUT2D eigenvalue weighted by molar-refractivity contribution is 7.99. The fraction of sp³-hybridized carbons (Fsp3) is 0.526. The number of carbonyl (C=O) groups excluding carboxylic acids is 1. The fourth-order valence-corrected chi connectivity index (χ4v) is 5.18. The number of thioether (sulfide) groups is 1. The van der Waals surface area contributed by atoms with Crippen molar-refractivity contribution in [1.82, 2.24) is 19.8 Å². The molecule has 1 aromatic carbocycles. The highest BCUT2D eigenvalue weighted by Gasteiger charge is 2.35. The van der Waals surface area contributed by atoms with Crippen LogP contribution in [0.15, 0.2) is 29.4 Å². The van der Waals surface area contributed by atoms with Gasteiger partial charge >= 0.3 is 0 Å². The number of likely N-dealkylation sites (tertiary alicyclic amines) is 1. The van der Waals surface area contributed by atoms with Crippen molar-refractivity contribution in [2.45, 2.75) is 49.7 Å². The summed E-state index contributed by atoms with van der Waals surface area (Å²) >= 11 is 7.28. The van der Waals surface area contributed by atoms with Crippen molar-refractivity contribution in [1.29, 1.82) is 0 Å². The monoisotopic (exact) mass is 405 g/mol. The second-order valence-electron chi connectivity index (χ2n) is 7.31. The Labute approximate surface area is 168 Å². The first-order chi connectivity index (χ1) is 13.1. The molecule has 1 saturated carbocycles. The number of fused-ring (bicyclic) bond motifs is 1. The van der Waals surface area contributed by atoms with Gasteiger partial charge in [0.25, 0.3) is 0 Å². The fourth-order valence-electron chi connectivity index (χ4n) is 4.31. The lowest BCUT2D eigenvalue weighted by molar-refractivity contribution is -0.134. The van der Waals surface area contributed by atoms with Crippen LogP contribution in [0.1, 0.15) is 38.5 Å². The summed E-state index contributed by atoms with van der Waals surface area (Å²) in [5.41, 5.74) is 0.841. The van der Waals surface area contributed by atoms with Gasteiger partial charge in [0.05, 0.1) is 5.75 Å². The third-order valence-electron chi connectivity index (χ3n) is 5.66. The molecule has 4 rings (SSSR count). The van der Waals surface area contributed by atoms with Crippen molar-refractivity contribution < 1.29 is 4.79 Å². The molecule has 1 amide bonds. The van der Waals surface area contributed by atoms with Crippen molar-refractivity contribution in [2.24, 2.45) is 5.92 Å². The molecule has 0 bridgehead atoms. The SMILES string of the molecule is Nn1c(SCC(=O)N2CCC[C@@H]3CCCC[C@H]32)nnc1-c1ccc(Cl)cc1. The van der Waals surface area contributed by atoms with Gasteiger partial charge < -0.3 is 10.7 Å².